The van der Waals surface area contributed by atoms with Crippen LogP contribution in [0.15, 0.2) is 0 Å². The Balaban J connectivity index is 2.33. The third-order valence-electron chi connectivity index (χ3n) is 12.7. The van der Waals surface area contributed by atoms with Crippen molar-refractivity contribution in [3.63, 3.8) is 0 Å². The van der Waals surface area contributed by atoms with Gasteiger partial charge in [-0.05, 0) is 12.8 Å². The number of ether oxygens (including phenoxy) is 4. The summed E-state index contributed by atoms with van der Waals surface area (Å²) in [5.41, 5.74) is 0. The molecular weight excluding hydrogens is 837 g/mol. The van der Waals surface area contributed by atoms with Gasteiger partial charge in [0.1, 0.15) is 36.8 Å². The van der Waals surface area contributed by atoms with E-state index in [4.69, 9.17) is 18.9 Å². The highest BCUT2D eigenvalue weighted by atomic mass is 32.2. The summed E-state index contributed by atoms with van der Waals surface area (Å²) < 4.78 is 54.3. The monoisotopic (exact) mass is 935 g/mol. The van der Waals surface area contributed by atoms with Gasteiger partial charge in [-0.25, -0.2) is 0 Å². The molecule has 0 aromatic carbocycles. The van der Waals surface area contributed by atoms with Crippen LogP contribution >= 0.6 is 0 Å². The fraction of sp³-hybridized carbons (Fsp3) is 0.961. The molecule has 1 saturated heterocycles. The smallest absolute Gasteiger partial charge is 0.306 e. The van der Waals surface area contributed by atoms with Crippen LogP contribution in [0.4, 0.5) is 0 Å². The highest BCUT2D eigenvalue weighted by Gasteiger charge is 2.46. The maximum atomic E-state index is 12.9. The predicted molar refractivity (Wildman–Crippen MR) is 257 cm³/mol. The molecule has 0 bridgehead atoms. The Morgan fingerprint density at radius 1 is 0.469 bits per heavy atom. The molecule has 1 heterocycles. The third-order valence-corrected chi connectivity index (χ3v) is 13.4. The van der Waals surface area contributed by atoms with Crippen LogP contribution in [-0.2, 0) is 38.7 Å². The van der Waals surface area contributed by atoms with Gasteiger partial charge in [-0.15, -0.1) is 0 Å². The van der Waals surface area contributed by atoms with Crippen molar-refractivity contribution in [2.75, 3.05) is 19.0 Å². The summed E-state index contributed by atoms with van der Waals surface area (Å²) in [5.74, 6) is -1.96. The highest BCUT2D eigenvalue weighted by molar-refractivity contribution is 7.85. The van der Waals surface area contributed by atoms with Crippen molar-refractivity contribution in [1.82, 2.24) is 0 Å². The summed E-state index contributed by atoms with van der Waals surface area (Å²) in [6.45, 7) is 3.82. The second-order valence-electron chi connectivity index (χ2n) is 18.9. The van der Waals surface area contributed by atoms with Crippen molar-refractivity contribution in [2.45, 2.75) is 295 Å². The summed E-state index contributed by atoms with van der Waals surface area (Å²) >= 11 is 0. The Morgan fingerprint density at radius 2 is 0.797 bits per heavy atom. The predicted octanol–water partition coefficient (Wildman–Crippen LogP) is 12.0. The van der Waals surface area contributed by atoms with Crippen molar-refractivity contribution < 1.29 is 56.8 Å². The van der Waals surface area contributed by atoms with E-state index in [2.05, 4.69) is 13.8 Å². The second-order valence-corrected chi connectivity index (χ2v) is 20.4. The van der Waals surface area contributed by atoms with E-state index in [0.717, 1.165) is 38.5 Å². The SMILES string of the molecule is CCCCCCCCCCCCCCCCCCCCCCC(=O)OC[C@H](CO[C@H]1O[C@H](CS(=O)(=O)O)[C@@H](O)C(O)C1O)OC(=O)CCCCCCCCCCCCCCCCCC. The summed E-state index contributed by atoms with van der Waals surface area (Å²) in [6.07, 6.45) is 35.7. The van der Waals surface area contributed by atoms with Gasteiger partial charge in [0, 0.05) is 12.8 Å². The van der Waals surface area contributed by atoms with E-state index in [0.29, 0.717) is 12.8 Å². The molecule has 1 rings (SSSR count). The van der Waals surface area contributed by atoms with Crippen molar-refractivity contribution in [1.29, 1.82) is 0 Å². The van der Waals surface area contributed by atoms with Crippen LogP contribution in [0.1, 0.15) is 258 Å². The first-order valence-corrected chi connectivity index (χ1v) is 28.2. The standard InChI is InChI=1S/C51H98O12S/c1-3-5-7-9-11-13-15-17-19-21-22-23-24-26-27-29-31-33-35-37-39-46(52)60-41-44(42-61-51-50(56)49(55)48(54)45(63-51)43-64(57,58)59)62-47(53)40-38-36-34-32-30-28-25-20-18-16-14-12-10-8-6-4-2/h44-45,48-51,54-56H,3-43H2,1-2H3,(H,57,58,59)/t44-,45-,48-,49?,50?,51+/m1/s1. The summed E-state index contributed by atoms with van der Waals surface area (Å²) in [4.78, 5) is 25.5. The van der Waals surface area contributed by atoms with Crippen LogP contribution in [0, 0.1) is 0 Å². The van der Waals surface area contributed by atoms with Gasteiger partial charge in [0.15, 0.2) is 12.4 Å². The van der Waals surface area contributed by atoms with E-state index in [9.17, 15) is 37.9 Å². The van der Waals surface area contributed by atoms with E-state index in [1.165, 1.54) is 180 Å². The van der Waals surface area contributed by atoms with E-state index < -0.39 is 71.2 Å². The lowest BCUT2D eigenvalue weighted by Crippen LogP contribution is -2.60. The number of carbonyl (C=O) groups is 2. The van der Waals surface area contributed by atoms with Crippen molar-refractivity contribution in [3.05, 3.63) is 0 Å². The summed E-state index contributed by atoms with van der Waals surface area (Å²) in [7, 11) is -4.60. The molecule has 380 valence electrons. The molecule has 12 nitrogen and oxygen atoms in total. The first-order valence-electron chi connectivity index (χ1n) is 26.6. The lowest BCUT2D eigenvalue weighted by Gasteiger charge is -2.40. The lowest BCUT2D eigenvalue weighted by atomic mass is 10.00. The summed E-state index contributed by atoms with van der Waals surface area (Å²) in [6, 6.07) is 0. The van der Waals surface area contributed by atoms with Gasteiger partial charge in [0.2, 0.25) is 0 Å². The molecule has 0 aromatic rings. The van der Waals surface area contributed by atoms with E-state index >= 15 is 0 Å². The fourth-order valence-corrected chi connectivity index (χ4v) is 9.25. The molecular formula is C51H98O12S. The van der Waals surface area contributed by atoms with Gasteiger partial charge in [-0.1, -0.05) is 232 Å². The lowest BCUT2D eigenvalue weighted by molar-refractivity contribution is -0.297. The van der Waals surface area contributed by atoms with Crippen molar-refractivity contribution in [3.8, 4) is 0 Å². The molecule has 13 heteroatoms. The Bertz CT molecular complexity index is 1190. The van der Waals surface area contributed by atoms with Gasteiger partial charge in [0.25, 0.3) is 10.1 Å². The number of aliphatic hydroxyl groups excluding tert-OH is 3. The van der Waals surface area contributed by atoms with Crippen LogP contribution in [0.3, 0.4) is 0 Å². The molecule has 0 spiro atoms. The molecule has 2 unspecified atom stereocenters. The minimum Gasteiger partial charge on any atom is -0.462 e. The largest absolute Gasteiger partial charge is 0.462 e. The quantitative estimate of drug-likeness (QED) is 0.0257. The van der Waals surface area contributed by atoms with Gasteiger partial charge in [0.05, 0.1) is 6.61 Å². The molecule has 1 fully saturated rings. The number of hydrogen-bond donors (Lipinski definition) is 4. The number of hydrogen-bond acceptors (Lipinski definition) is 11. The molecule has 6 atom stereocenters. The zero-order chi connectivity index (χ0) is 46.9. The van der Waals surface area contributed by atoms with Crippen LogP contribution in [0.25, 0.3) is 0 Å². The zero-order valence-electron chi connectivity index (χ0n) is 40.9. The number of esters is 2. The maximum absolute atomic E-state index is 12.9. The van der Waals surface area contributed by atoms with Crippen LogP contribution in [0.2, 0.25) is 0 Å². The normalized spacial score (nSPS) is 19.5. The van der Waals surface area contributed by atoms with Gasteiger partial charge in [-0.2, -0.15) is 8.42 Å². The fourth-order valence-electron chi connectivity index (χ4n) is 8.56. The third kappa shape index (κ3) is 35.8. The second kappa shape index (κ2) is 41.8. The average molecular weight is 935 g/mol. The number of unbranched alkanes of at least 4 members (excludes halogenated alkanes) is 34. The Hall–Kier alpha value is -1.35. The van der Waals surface area contributed by atoms with Gasteiger partial charge >= 0.3 is 11.9 Å². The van der Waals surface area contributed by atoms with Crippen molar-refractivity contribution >= 4 is 22.1 Å². The molecule has 0 aliphatic carbocycles. The first-order chi connectivity index (χ1) is 31.0. The molecule has 1 aliphatic rings. The average Bonchev–Trinajstić information content (AvgIpc) is 3.26. The Labute approximate surface area is 391 Å². The minimum absolute atomic E-state index is 0.173. The Morgan fingerprint density at radius 3 is 1.14 bits per heavy atom. The number of aliphatic hydroxyl groups is 3. The molecule has 4 N–H and O–H groups in total. The molecule has 0 aromatic heterocycles. The number of carbonyl (C=O) groups excluding carboxylic acids is 2. The highest BCUT2D eigenvalue weighted by Crippen LogP contribution is 2.24. The van der Waals surface area contributed by atoms with Gasteiger partial charge in [-0.3, -0.25) is 14.1 Å². The molecule has 0 radical (unpaired) electrons. The van der Waals surface area contributed by atoms with Crippen LogP contribution in [0.5, 0.6) is 0 Å². The maximum Gasteiger partial charge on any atom is 0.306 e. The molecule has 1 aliphatic heterocycles. The van der Waals surface area contributed by atoms with Crippen LogP contribution in [-0.4, -0.2) is 96.0 Å². The molecule has 0 saturated carbocycles. The summed E-state index contributed by atoms with van der Waals surface area (Å²) in [5, 5.41) is 31.0. The molecule has 64 heavy (non-hydrogen) atoms. The number of rotatable bonds is 46. The molecule has 0 amide bonds. The van der Waals surface area contributed by atoms with E-state index in [1.807, 2.05) is 0 Å². The first kappa shape index (κ1) is 60.7. The van der Waals surface area contributed by atoms with Crippen molar-refractivity contribution in [2.24, 2.45) is 0 Å². The van der Waals surface area contributed by atoms with E-state index in [1.54, 1.807) is 0 Å². The van der Waals surface area contributed by atoms with E-state index in [-0.39, 0.29) is 19.4 Å². The van der Waals surface area contributed by atoms with Crippen LogP contribution < -0.4 is 0 Å². The Kier molecular flexibility index (Phi) is 39.6. The van der Waals surface area contributed by atoms with Gasteiger partial charge < -0.3 is 34.3 Å². The topological polar surface area (TPSA) is 186 Å². The minimum atomic E-state index is -4.60. The zero-order valence-corrected chi connectivity index (χ0v) is 41.7.